The second-order valence-electron chi connectivity index (χ2n) is 6.51. The normalized spacial score (nSPS) is 15.6. The van der Waals surface area contributed by atoms with Crippen LogP contribution in [-0.2, 0) is 4.74 Å². The fraction of sp³-hybridized carbons (Fsp3) is 0.471. The largest absolute Gasteiger partial charge is 0.444 e. The number of benzene rings is 1. The Bertz CT molecular complexity index is 632. The molecule has 0 N–H and O–H groups in total. The average molecular weight is 318 g/mol. The molecule has 0 bridgehead atoms. The Morgan fingerprint density at radius 3 is 2.61 bits per heavy atom. The first-order valence-electron chi connectivity index (χ1n) is 7.69. The molecule has 0 aromatic heterocycles. The number of carbonyl (C=O) groups excluding carboxylic acids is 1. The van der Waals surface area contributed by atoms with Gasteiger partial charge in [-0.3, -0.25) is 10.1 Å². The maximum Gasteiger partial charge on any atom is 0.410 e. The molecule has 0 saturated carbocycles. The van der Waals surface area contributed by atoms with Crippen molar-refractivity contribution in [3.63, 3.8) is 0 Å². The highest BCUT2D eigenvalue weighted by Gasteiger charge is 2.24. The van der Waals surface area contributed by atoms with Crippen LogP contribution in [0.1, 0.15) is 39.2 Å². The summed E-state index contributed by atoms with van der Waals surface area (Å²) in [7, 11) is 0. The lowest BCUT2D eigenvalue weighted by Crippen LogP contribution is -2.37. The fourth-order valence-corrected chi connectivity index (χ4v) is 2.52. The van der Waals surface area contributed by atoms with Gasteiger partial charge in [0.1, 0.15) is 5.60 Å². The van der Waals surface area contributed by atoms with Crippen LogP contribution in [0.25, 0.3) is 5.57 Å². The van der Waals surface area contributed by atoms with Gasteiger partial charge in [0.25, 0.3) is 5.69 Å². The summed E-state index contributed by atoms with van der Waals surface area (Å²) in [5, 5.41) is 11.2. The van der Waals surface area contributed by atoms with Gasteiger partial charge in [-0.25, -0.2) is 4.79 Å². The third kappa shape index (κ3) is 4.55. The van der Waals surface area contributed by atoms with E-state index < -0.39 is 5.60 Å². The SMILES string of the molecule is CC(C)(C)OC(=O)N1CCC=C(c2ccccc2[N+](=O)[O-])CC1. The van der Waals surface area contributed by atoms with Gasteiger partial charge in [0.15, 0.2) is 0 Å². The fourth-order valence-electron chi connectivity index (χ4n) is 2.52. The van der Waals surface area contributed by atoms with Gasteiger partial charge in [0.2, 0.25) is 0 Å². The minimum Gasteiger partial charge on any atom is -0.444 e. The molecule has 1 heterocycles. The number of ether oxygens (including phenoxy) is 1. The summed E-state index contributed by atoms with van der Waals surface area (Å²) in [4.78, 5) is 24.6. The van der Waals surface area contributed by atoms with Gasteiger partial charge in [-0.05, 0) is 45.3 Å². The van der Waals surface area contributed by atoms with E-state index in [0.717, 1.165) is 5.57 Å². The second kappa shape index (κ2) is 6.81. The molecular weight excluding hydrogens is 296 g/mol. The van der Waals surface area contributed by atoms with Crippen LogP contribution < -0.4 is 0 Å². The number of hydrogen-bond donors (Lipinski definition) is 0. The number of para-hydroxylation sites is 1. The molecule has 1 aliphatic heterocycles. The first kappa shape index (κ1) is 17.0. The predicted molar refractivity (Wildman–Crippen MR) is 88.1 cm³/mol. The molecule has 0 fully saturated rings. The summed E-state index contributed by atoms with van der Waals surface area (Å²) in [6, 6.07) is 6.71. The Balaban J connectivity index is 2.11. The first-order valence-corrected chi connectivity index (χ1v) is 7.69. The van der Waals surface area contributed by atoms with Crippen molar-refractivity contribution in [2.45, 2.75) is 39.2 Å². The van der Waals surface area contributed by atoms with Gasteiger partial charge in [0, 0.05) is 19.2 Å². The van der Waals surface area contributed by atoms with Crippen molar-refractivity contribution in [3.05, 3.63) is 46.0 Å². The van der Waals surface area contributed by atoms with Crippen LogP contribution in [0.3, 0.4) is 0 Å². The lowest BCUT2D eigenvalue weighted by Gasteiger charge is -2.26. The Hall–Kier alpha value is -2.37. The second-order valence-corrected chi connectivity index (χ2v) is 6.51. The monoisotopic (exact) mass is 318 g/mol. The van der Waals surface area contributed by atoms with Gasteiger partial charge in [-0.15, -0.1) is 0 Å². The summed E-state index contributed by atoms with van der Waals surface area (Å²) in [6.45, 7) is 6.55. The molecule has 6 nitrogen and oxygen atoms in total. The van der Waals surface area contributed by atoms with E-state index in [1.165, 1.54) is 6.07 Å². The maximum atomic E-state index is 12.2. The summed E-state index contributed by atoms with van der Waals surface area (Å²) in [5.41, 5.74) is 1.11. The summed E-state index contributed by atoms with van der Waals surface area (Å²) in [6.07, 6.45) is 2.87. The number of nitro benzene ring substituents is 1. The van der Waals surface area contributed by atoms with E-state index in [1.54, 1.807) is 23.1 Å². The number of nitro groups is 1. The third-order valence-corrected chi connectivity index (χ3v) is 3.54. The topological polar surface area (TPSA) is 72.7 Å². The molecule has 0 unspecified atom stereocenters. The predicted octanol–water partition coefficient (Wildman–Crippen LogP) is 4.01. The number of amides is 1. The number of carbonyl (C=O) groups is 1. The Morgan fingerprint density at radius 2 is 1.96 bits per heavy atom. The van der Waals surface area contributed by atoms with Gasteiger partial charge in [-0.1, -0.05) is 18.2 Å². The molecule has 2 rings (SSSR count). The van der Waals surface area contributed by atoms with E-state index in [2.05, 4.69) is 0 Å². The molecule has 0 atom stereocenters. The van der Waals surface area contributed by atoms with Crippen molar-refractivity contribution in [2.24, 2.45) is 0 Å². The van der Waals surface area contributed by atoms with Crippen LogP contribution in [0, 0.1) is 10.1 Å². The Morgan fingerprint density at radius 1 is 1.26 bits per heavy atom. The standard InChI is InChI=1S/C17H22N2O4/c1-17(2,3)23-16(20)18-11-6-7-13(10-12-18)14-8-4-5-9-15(14)19(21)22/h4-5,7-9H,6,10-12H2,1-3H3. The highest BCUT2D eigenvalue weighted by atomic mass is 16.6. The van der Waals surface area contributed by atoms with Crippen LogP contribution in [0.5, 0.6) is 0 Å². The molecule has 0 spiro atoms. The highest BCUT2D eigenvalue weighted by Crippen LogP contribution is 2.30. The smallest absolute Gasteiger partial charge is 0.410 e. The molecule has 1 aromatic carbocycles. The number of hydrogen-bond acceptors (Lipinski definition) is 4. The van der Waals surface area contributed by atoms with Gasteiger partial charge in [-0.2, -0.15) is 0 Å². The van der Waals surface area contributed by atoms with Gasteiger partial charge < -0.3 is 9.64 Å². The van der Waals surface area contributed by atoms with Crippen LogP contribution in [0.15, 0.2) is 30.3 Å². The summed E-state index contributed by atoms with van der Waals surface area (Å²) < 4.78 is 5.39. The van der Waals surface area contributed by atoms with E-state index in [-0.39, 0.29) is 16.7 Å². The van der Waals surface area contributed by atoms with Gasteiger partial charge >= 0.3 is 6.09 Å². The van der Waals surface area contributed by atoms with Gasteiger partial charge in [0.05, 0.1) is 10.5 Å². The molecule has 0 saturated heterocycles. The number of rotatable bonds is 2. The van der Waals surface area contributed by atoms with Crippen LogP contribution in [0.2, 0.25) is 0 Å². The molecule has 1 amide bonds. The molecule has 6 heteroatoms. The van der Waals surface area contributed by atoms with E-state index in [1.807, 2.05) is 26.8 Å². The quantitative estimate of drug-likeness (QED) is 0.610. The van der Waals surface area contributed by atoms with Crippen molar-refractivity contribution in [2.75, 3.05) is 13.1 Å². The zero-order chi connectivity index (χ0) is 17.0. The summed E-state index contributed by atoms with van der Waals surface area (Å²) in [5.74, 6) is 0. The minimum absolute atomic E-state index is 0.101. The van der Waals surface area contributed by atoms with Crippen LogP contribution in [-0.4, -0.2) is 34.6 Å². The van der Waals surface area contributed by atoms with E-state index >= 15 is 0 Å². The van der Waals surface area contributed by atoms with Crippen molar-refractivity contribution in [1.29, 1.82) is 0 Å². The third-order valence-electron chi connectivity index (χ3n) is 3.54. The van der Waals surface area contributed by atoms with Crippen molar-refractivity contribution >= 4 is 17.4 Å². The molecule has 124 valence electrons. The maximum absolute atomic E-state index is 12.2. The molecule has 0 radical (unpaired) electrons. The first-order chi connectivity index (χ1) is 10.8. The molecule has 1 aliphatic rings. The Labute approximate surface area is 135 Å². The van der Waals surface area contributed by atoms with Crippen molar-refractivity contribution in [1.82, 2.24) is 4.90 Å². The van der Waals surface area contributed by atoms with Crippen LogP contribution in [0.4, 0.5) is 10.5 Å². The number of nitrogens with zero attached hydrogens (tertiary/aromatic N) is 2. The summed E-state index contributed by atoms with van der Waals surface area (Å²) >= 11 is 0. The van der Waals surface area contributed by atoms with Crippen molar-refractivity contribution in [3.8, 4) is 0 Å². The lowest BCUT2D eigenvalue weighted by molar-refractivity contribution is -0.385. The Kier molecular flexibility index (Phi) is 5.03. The average Bonchev–Trinajstić information content (AvgIpc) is 2.71. The lowest BCUT2D eigenvalue weighted by atomic mass is 10.0. The zero-order valence-electron chi connectivity index (χ0n) is 13.7. The minimum atomic E-state index is -0.530. The van der Waals surface area contributed by atoms with Crippen molar-refractivity contribution < 1.29 is 14.5 Å². The molecule has 23 heavy (non-hydrogen) atoms. The molecule has 0 aliphatic carbocycles. The van der Waals surface area contributed by atoms with E-state index in [0.29, 0.717) is 31.5 Å². The molecule has 1 aromatic rings. The van der Waals surface area contributed by atoms with Crippen LogP contribution >= 0.6 is 0 Å². The van der Waals surface area contributed by atoms with E-state index in [4.69, 9.17) is 4.74 Å². The highest BCUT2D eigenvalue weighted by molar-refractivity contribution is 5.74. The zero-order valence-corrected chi connectivity index (χ0v) is 13.7. The van der Waals surface area contributed by atoms with E-state index in [9.17, 15) is 14.9 Å². The molecular formula is C17H22N2O4.